The first-order chi connectivity index (χ1) is 10.9. The van der Waals surface area contributed by atoms with Gasteiger partial charge >= 0.3 is 0 Å². The number of hydrogen-bond donors (Lipinski definition) is 2. The van der Waals surface area contributed by atoms with Crippen molar-refractivity contribution >= 4 is 5.91 Å². The molecule has 0 spiro atoms. The predicted molar refractivity (Wildman–Crippen MR) is 88.4 cm³/mol. The lowest BCUT2D eigenvalue weighted by Gasteiger charge is -2.19. The molecule has 0 aliphatic carbocycles. The molecule has 0 unspecified atom stereocenters. The van der Waals surface area contributed by atoms with Gasteiger partial charge in [-0.15, -0.1) is 0 Å². The summed E-state index contributed by atoms with van der Waals surface area (Å²) in [7, 11) is 0. The Labute approximate surface area is 136 Å². The maximum Gasteiger partial charge on any atom is 0.224 e. The molecule has 2 aromatic rings. The molecule has 0 aromatic carbocycles. The number of carbonyl (C=O) groups is 1. The predicted octanol–water partition coefficient (Wildman–Crippen LogP) is 1.56. The van der Waals surface area contributed by atoms with Crippen LogP contribution in [-0.4, -0.2) is 38.4 Å². The van der Waals surface area contributed by atoms with Crippen molar-refractivity contribution in [2.45, 2.75) is 40.2 Å². The van der Waals surface area contributed by atoms with Crippen molar-refractivity contribution in [2.75, 3.05) is 6.61 Å². The zero-order chi connectivity index (χ0) is 17.0. The van der Waals surface area contributed by atoms with Crippen LogP contribution in [0, 0.1) is 19.8 Å². The average molecular weight is 316 g/mol. The van der Waals surface area contributed by atoms with Gasteiger partial charge in [0.1, 0.15) is 0 Å². The number of nitrogens with one attached hydrogen (secondary N) is 1. The molecule has 23 heavy (non-hydrogen) atoms. The van der Waals surface area contributed by atoms with Crippen LogP contribution in [0.3, 0.4) is 0 Å². The van der Waals surface area contributed by atoms with Gasteiger partial charge in [0.25, 0.3) is 0 Å². The van der Waals surface area contributed by atoms with E-state index in [1.165, 1.54) is 0 Å². The van der Waals surface area contributed by atoms with Gasteiger partial charge in [-0.3, -0.25) is 4.79 Å². The first kappa shape index (κ1) is 17.1. The van der Waals surface area contributed by atoms with Gasteiger partial charge in [-0.05, 0) is 31.9 Å². The molecule has 2 rings (SSSR count). The molecule has 6 heteroatoms. The summed E-state index contributed by atoms with van der Waals surface area (Å²) in [5.74, 6) is 0.807. The monoisotopic (exact) mass is 316 g/mol. The fourth-order valence-corrected chi connectivity index (χ4v) is 2.47. The number of carbonyl (C=O) groups excluding carboxylic acids is 1. The van der Waals surface area contributed by atoms with E-state index in [4.69, 9.17) is 0 Å². The van der Waals surface area contributed by atoms with Gasteiger partial charge in [-0.25, -0.2) is 9.67 Å². The summed E-state index contributed by atoms with van der Waals surface area (Å²) in [6.45, 7) is 7.70. The van der Waals surface area contributed by atoms with Gasteiger partial charge in [-0.2, -0.15) is 5.10 Å². The summed E-state index contributed by atoms with van der Waals surface area (Å²) in [6.07, 6.45) is 1.96. The van der Waals surface area contributed by atoms with Crippen LogP contribution < -0.4 is 5.32 Å². The molecule has 0 fully saturated rings. The van der Waals surface area contributed by atoms with Crippen LogP contribution >= 0.6 is 0 Å². The lowest BCUT2D eigenvalue weighted by Crippen LogP contribution is -2.41. The van der Waals surface area contributed by atoms with E-state index in [1.807, 2.05) is 45.9 Å². The average Bonchev–Trinajstić information content (AvgIpc) is 2.81. The van der Waals surface area contributed by atoms with E-state index >= 15 is 0 Å². The van der Waals surface area contributed by atoms with Crippen molar-refractivity contribution in [1.82, 2.24) is 20.1 Å². The Morgan fingerprint density at radius 3 is 2.65 bits per heavy atom. The molecule has 0 radical (unpaired) electrons. The number of hydrogen-bond acceptors (Lipinski definition) is 4. The first-order valence-electron chi connectivity index (χ1n) is 7.80. The standard InChI is InChI=1S/C17H24N4O2/c1-11(2)15(10-22)19-17(23)9-14-12(3)20-21(13(14)4)16-7-5-6-8-18-16/h5-8,11,15,22H,9-10H2,1-4H3,(H,19,23)/t15-/m1/s1. The van der Waals surface area contributed by atoms with Crippen molar-refractivity contribution in [3.63, 3.8) is 0 Å². The molecule has 0 aliphatic heterocycles. The quantitative estimate of drug-likeness (QED) is 0.847. The number of aryl methyl sites for hydroxylation is 1. The van der Waals surface area contributed by atoms with Crippen molar-refractivity contribution in [1.29, 1.82) is 0 Å². The molecule has 2 N–H and O–H groups in total. The van der Waals surface area contributed by atoms with E-state index in [2.05, 4.69) is 15.4 Å². The lowest BCUT2D eigenvalue weighted by atomic mass is 10.0. The zero-order valence-corrected chi connectivity index (χ0v) is 14.1. The van der Waals surface area contributed by atoms with Crippen molar-refractivity contribution < 1.29 is 9.90 Å². The van der Waals surface area contributed by atoms with E-state index < -0.39 is 0 Å². The van der Waals surface area contributed by atoms with Gasteiger partial charge in [0.05, 0.1) is 24.8 Å². The summed E-state index contributed by atoms with van der Waals surface area (Å²) >= 11 is 0. The largest absolute Gasteiger partial charge is 0.394 e. The Balaban J connectivity index is 2.18. The third kappa shape index (κ3) is 3.96. The minimum Gasteiger partial charge on any atom is -0.394 e. The smallest absolute Gasteiger partial charge is 0.224 e. The molecule has 0 saturated carbocycles. The lowest BCUT2D eigenvalue weighted by molar-refractivity contribution is -0.121. The molecular weight excluding hydrogens is 292 g/mol. The second-order valence-corrected chi connectivity index (χ2v) is 6.03. The van der Waals surface area contributed by atoms with E-state index in [9.17, 15) is 9.90 Å². The molecular formula is C17H24N4O2. The number of aliphatic hydroxyl groups is 1. The normalized spacial score (nSPS) is 12.4. The SMILES string of the molecule is Cc1nn(-c2ccccn2)c(C)c1CC(=O)N[C@H](CO)C(C)C. The molecule has 0 bridgehead atoms. The number of rotatable bonds is 6. The number of amides is 1. The summed E-state index contributed by atoms with van der Waals surface area (Å²) < 4.78 is 1.75. The highest BCUT2D eigenvalue weighted by Gasteiger charge is 2.19. The van der Waals surface area contributed by atoms with E-state index in [-0.39, 0.29) is 30.9 Å². The van der Waals surface area contributed by atoms with Gasteiger partial charge in [0.2, 0.25) is 5.91 Å². The maximum atomic E-state index is 12.3. The van der Waals surface area contributed by atoms with E-state index in [0.29, 0.717) is 0 Å². The number of aliphatic hydroxyl groups excluding tert-OH is 1. The van der Waals surface area contributed by atoms with Crippen molar-refractivity contribution in [3.8, 4) is 5.82 Å². The molecule has 2 aromatic heterocycles. The van der Waals surface area contributed by atoms with Crippen LogP contribution in [0.2, 0.25) is 0 Å². The van der Waals surface area contributed by atoms with Gasteiger partial charge in [0.15, 0.2) is 5.82 Å². The summed E-state index contributed by atoms with van der Waals surface area (Å²) in [6, 6.07) is 5.41. The Morgan fingerprint density at radius 1 is 1.35 bits per heavy atom. The van der Waals surface area contributed by atoms with Crippen LogP contribution in [0.4, 0.5) is 0 Å². The Morgan fingerprint density at radius 2 is 2.09 bits per heavy atom. The fourth-order valence-electron chi connectivity index (χ4n) is 2.47. The molecule has 6 nitrogen and oxygen atoms in total. The van der Waals surface area contributed by atoms with E-state index in [1.54, 1.807) is 10.9 Å². The Kier molecular flexibility index (Phi) is 5.50. The molecule has 1 amide bonds. The Bertz CT molecular complexity index is 665. The van der Waals surface area contributed by atoms with Crippen molar-refractivity contribution in [2.24, 2.45) is 5.92 Å². The number of aromatic nitrogens is 3. The Hall–Kier alpha value is -2.21. The highest BCUT2D eigenvalue weighted by molar-refractivity contribution is 5.79. The molecule has 0 saturated heterocycles. The van der Waals surface area contributed by atoms with Crippen LogP contribution in [-0.2, 0) is 11.2 Å². The summed E-state index contributed by atoms with van der Waals surface area (Å²) in [5, 5.41) is 16.7. The second kappa shape index (κ2) is 7.37. The zero-order valence-electron chi connectivity index (χ0n) is 14.1. The topological polar surface area (TPSA) is 80.0 Å². The highest BCUT2D eigenvalue weighted by Crippen LogP contribution is 2.17. The van der Waals surface area contributed by atoms with Gasteiger partial charge in [0, 0.05) is 17.5 Å². The van der Waals surface area contributed by atoms with Gasteiger partial charge < -0.3 is 10.4 Å². The number of nitrogens with zero attached hydrogens (tertiary/aromatic N) is 3. The summed E-state index contributed by atoms with van der Waals surface area (Å²) in [4.78, 5) is 16.6. The fraction of sp³-hybridized carbons (Fsp3) is 0.471. The molecule has 124 valence electrons. The third-order valence-corrected chi connectivity index (χ3v) is 3.99. The highest BCUT2D eigenvalue weighted by atomic mass is 16.3. The second-order valence-electron chi connectivity index (χ2n) is 6.03. The number of pyridine rings is 1. The molecule has 1 atom stereocenters. The van der Waals surface area contributed by atoms with Gasteiger partial charge in [-0.1, -0.05) is 19.9 Å². The van der Waals surface area contributed by atoms with E-state index in [0.717, 1.165) is 22.8 Å². The summed E-state index contributed by atoms with van der Waals surface area (Å²) in [5.41, 5.74) is 2.61. The minimum atomic E-state index is -0.228. The first-order valence-corrected chi connectivity index (χ1v) is 7.80. The van der Waals surface area contributed by atoms with Crippen LogP contribution in [0.1, 0.15) is 30.8 Å². The third-order valence-electron chi connectivity index (χ3n) is 3.99. The molecule has 0 aliphatic rings. The van der Waals surface area contributed by atoms with Crippen LogP contribution in [0.15, 0.2) is 24.4 Å². The van der Waals surface area contributed by atoms with Crippen LogP contribution in [0.5, 0.6) is 0 Å². The van der Waals surface area contributed by atoms with Crippen molar-refractivity contribution in [3.05, 3.63) is 41.3 Å². The minimum absolute atomic E-state index is 0.0609. The maximum absolute atomic E-state index is 12.3. The van der Waals surface area contributed by atoms with Crippen LogP contribution in [0.25, 0.3) is 5.82 Å². The molecule has 2 heterocycles.